The summed E-state index contributed by atoms with van der Waals surface area (Å²) < 4.78 is 11.7. The van der Waals surface area contributed by atoms with E-state index < -0.39 is 23.7 Å². The molecule has 0 bridgehead atoms. The molecule has 0 atom stereocenters. The maximum absolute atomic E-state index is 12.6. The molecule has 0 aliphatic carbocycles. The first-order valence-electron chi connectivity index (χ1n) is 9.45. The van der Waals surface area contributed by atoms with Crippen LogP contribution in [0, 0.1) is 3.57 Å². The van der Waals surface area contributed by atoms with Gasteiger partial charge in [-0.3, -0.25) is 19.3 Å². The minimum Gasteiger partial charge on any atom is -0.488 e. The Morgan fingerprint density at radius 2 is 1.91 bits per heavy atom. The highest BCUT2D eigenvalue weighted by Crippen LogP contribution is 2.33. The highest BCUT2D eigenvalue weighted by atomic mass is 127. The summed E-state index contributed by atoms with van der Waals surface area (Å²) in [5.74, 6) is -0.476. The van der Waals surface area contributed by atoms with E-state index in [-0.39, 0.29) is 11.0 Å². The quantitative estimate of drug-likeness (QED) is 0.214. The van der Waals surface area contributed by atoms with Crippen molar-refractivity contribution in [1.82, 2.24) is 4.90 Å². The summed E-state index contributed by atoms with van der Waals surface area (Å²) >= 11 is 14.9. The summed E-state index contributed by atoms with van der Waals surface area (Å²) in [6.45, 7) is 3.31. The Hall–Kier alpha value is -1.75. The highest BCUT2D eigenvalue weighted by molar-refractivity contribution is 14.1. The van der Waals surface area contributed by atoms with E-state index in [2.05, 4.69) is 22.6 Å². The Morgan fingerprint density at radius 1 is 1.16 bits per heavy atom. The molecule has 0 unspecified atom stereocenters. The smallest absolute Gasteiger partial charge is 0.326 e. The molecule has 0 spiro atoms. The molecule has 32 heavy (non-hydrogen) atoms. The maximum atomic E-state index is 12.6. The summed E-state index contributed by atoms with van der Waals surface area (Å²) in [7, 11) is 0. The number of ether oxygens (including phenoxy) is 2. The van der Waals surface area contributed by atoms with Crippen LogP contribution in [0.15, 0.2) is 41.3 Å². The van der Waals surface area contributed by atoms with Gasteiger partial charge >= 0.3 is 5.97 Å². The molecule has 168 valence electrons. The van der Waals surface area contributed by atoms with Gasteiger partial charge in [0.05, 0.1) is 24.6 Å². The third-order valence-electron chi connectivity index (χ3n) is 4.16. The number of carbonyl (C=O) groups is 3. The number of hydrogen-bond acceptors (Lipinski definition) is 6. The fraction of sp³-hybridized carbons (Fsp3) is 0.227. The summed E-state index contributed by atoms with van der Waals surface area (Å²) in [4.78, 5) is 37.7. The van der Waals surface area contributed by atoms with E-state index in [9.17, 15) is 14.4 Å². The molecule has 0 saturated carbocycles. The lowest BCUT2D eigenvalue weighted by atomic mass is 10.2. The van der Waals surface area contributed by atoms with Gasteiger partial charge < -0.3 is 9.47 Å². The van der Waals surface area contributed by atoms with Gasteiger partial charge in [0.1, 0.15) is 18.9 Å². The van der Waals surface area contributed by atoms with Gasteiger partial charge in [0.2, 0.25) is 0 Å². The summed E-state index contributed by atoms with van der Waals surface area (Å²) in [6, 6.07) is 10.7. The van der Waals surface area contributed by atoms with Gasteiger partial charge in [0, 0.05) is 0 Å². The van der Waals surface area contributed by atoms with Gasteiger partial charge in [-0.25, -0.2) is 0 Å². The average molecular weight is 606 g/mol. The van der Waals surface area contributed by atoms with Gasteiger partial charge in [0.15, 0.2) is 0 Å². The molecule has 1 fully saturated rings. The summed E-state index contributed by atoms with van der Waals surface area (Å²) in [5.41, 5.74) is 1.61. The number of esters is 1. The van der Waals surface area contributed by atoms with E-state index in [4.69, 9.17) is 32.7 Å². The molecule has 3 rings (SSSR count). The second-order valence-electron chi connectivity index (χ2n) is 7.03. The normalized spacial score (nSPS) is 15.1. The molecule has 1 saturated heterocycles. The third kappa shape index (κ3) is 6.40. The minimum atomic E-state index is -0.624. The molecule has 2 aromatic carbocycles. The zero-order chi connectivity index (χ0) is 23.4. The number of benzene rings is 2. The molecule has 2 aromatic rings. The van der Waals surface area contributed by atoms with Crippen molar-refractivity contribution in [3.8, 4) is 5.75 Å². The van der Waals surface area contributed by atoms with Gasteiger partial charge in [-0.15, -0.1) is 0 Å². The molecule has 1 aliphatic heterocycles. The van der Waals surface area contributed by atoms with E-state index in [0.717, 1.165) is 31.4 Å². The highest BCUT2D eigenvalue weighted by Gasteiger charge is 2.36. The van der Waals surface area contributed by atoms with Gasteiger partial charge in [-0.2, -0.15) is 0 Å². The predicted molar refractivity (Wildman–Crippen MR) is 134 cm³/mol. The number of carbonyl (C=O) groups excluding carboxylic acids is 3. The van der Waals surface area contributed by atoms with E-state index >= 15 is 0 Å². The fourth-order valence-electron chi connectivity index (χ4n) is 2.73. The van der Waals surface area contributed by atoms with Gasteiger partial charge in [-0.05, 0) is 89.7 Å². The second-order valence-corrected chi connectivity index (χ2v) is 10.0. The Balaban J connectivity index is 1.67. The zero-order valence-electron chi connectivity index (χ0n) is 17.1. The molecule has 6 nitrogen and oxygen atoms in total. The molecule has 0 N–H and O–H groups in total. The van der Waals surface area contributed by atoms with Crippen molar-refractivity contribution in [1.29, 1.82) is 0 Å². The van der Waals surface area contributed by atoms with Crippen molar-refractivity contribution >= 4 is 80.7 Å². The van der Waals surface area contributed by atoms with Crippen molar-refractivity contribution in [2.45, 2.75) is 26.6 Å². The van der Waals surface area contributed by atoms with Crippen LogP contribution in [-0.2, 0) is 20.9 Å². The number of amides is 2. The molecular formula is C22H18Cl2INO5S. The average Bonchev–Trinajstić information content (AvgIpc) is 2.96. The minimum absolute atomic E-state index is 0.243. The molecule has 0 radical (unpaired) electrons. The molecule has 0 aromatic heterocycles. The predicted octanol–water partition coefficient (Wildman–Crippen LogP) is 6.16. The lowest BCUT2D eigenvalue weighted by molar-refractivity contribution is -0.149. The van der Waals surface area contributed by atoms with Crippen LogP contribution in [0.5, 0.6) is 5.75 Å². The van der Waals surface area contributed by atoms with Crippen molar-refractivity contribution in [3.05, 3.63) is 66.0 Å². The first-order valence-corrected chi connectivity index (χ1v) is 12.1. The molecule has 2 amide bonds. The van der Waals surface area contributed by atoms with Gasteiger partial charge in [0.25, 0.3) is 11.1 Å². The van der Waals surface area contributed by atoms with Crippen LogP contribution in [0.1, 0.15) is 25.0 Å². The lowest BCUT2D eigenvalue weighted by Crippen LogP contribution is -2.35. The lowest BCUT2D eigenvalue weighted by Gasteiger charge is -2.13. The molecule has 1 heterocycles. The summed E-state index contributed by atoms with van der Waals surface area (Å²) in [5, 5.41) is 0.443. The van der Waals surface area contributed by atoms with E-state index in [1.165, 1.54) is 0 Å². The van der Waals surface area contributed by atoms with Crippen molar-refractivity contribution < 1.29 is 23.9 Å². The largest absolute Gasteiger partial charge is 0.488 e. The molecule has 10 heteroatoms. The van der Waals surface area contributed by atoms with E-state index in [1.54, 1.807) is 44.2 Å². The van der Waals surface area contributed by atoms with Crippen molar-refractivity contribution in [2.75, 3.05) is 6.54 Å². The van der Waals surface area contributed by atoms with Crippen molar-refractivity contribution in [2.24, 2.45) is 0 Å². The Labute approximate surface area is 213 Å². The van der Waals surface area contributed by atoms with Crippen LogP contribution in [0.25, 0.3) is 6.08 Å². The number of imide groups is 1. The standard InChI is InChI=1S/C22H18Cl2INO5S/c1-12(2)31-20(27)10-26-21(28)19(32-22(26)29)9-13-4-6-18(17(25)8-13)30-11-14-3-5-15(23)16(24)7-14/h3-9,12H,10-11H2,1-2H3/b19-9+. The number of thioether (sulfide) groups is 1. The summed E-state index contributed by atoms with van der Waals surface area (Å²) in [6.07, 6.45) is 1.29. The monoisotopic (exact) mass is 605 g/mol. The Kier molecular flexibility index (Phi) is 8.49. The van der Waals surface area contributed by atoms with E-state index in [0.29, 0.717) is 22.4 Å². The number of halogens is 3. The Morgan fingerprint density at radius 3 is 2.56 bits per heavy atom. The topological polar surface area (TPSA) is 72.9 Å². The Bertz CT molecular complexity index is 1110. The van der Waals surface area contributed by atoms with E-state index in [1.807, 2.05) is 12.1 Å². The van der Waals surface area contributed by atoms with Crippen LogP contribution < -0.4 is 4.74 Å². The first kappa shape index (κ1) is 24.9. The van der Waals surface area contributed by atoms with Crippen molar-refractivity contribution in [3.63, 3.8) is 0 Å². The second kappa shape index (κ2) is 10.9. The van der Waals surface area contributed by atoms with Crippen LogP contribution in [-0.4, -0.2) is 34.7 Å². The van der Waals surface area contributed by atoms with Crippen LogP contribution in [0.2, 0.25) is 10.0 Å². The molecular weight excluding hydrogens is 588 g/mol. The maximum Gasteiger partial charge on any atom is 0.326 e. The SMILES string of the molecule is CC(C)OC(=O)CN1C(=O)S/C(=C/c2ccc(OCc3ccc(Cl)c(Cl)c3)c(I)c2)C1=O. The number of nitrogens with zero attached hydrogens (tertiary/aromatic N) is 1. The van der Waals surface area contributed by atoms with Crippen LogP contribution in [0.4, 0.5) is 4.79 Å². The van der Waals surface area contributed by atoms with Crippen LogP contribution in [0.3, 0.4) is 0 Å². The van der Waals surface area contributed by atoms with Crippen LogP contribution >= 0.6 is 57.6 Å². The van der Waals surface area contributed by atoms with Gasteiger partial charge in [-0.1, -0.05) is 35.3 Å². The number of rotatable bonds is 7. The molecule has 1 aliphatic rings. The first-order chi connectivity index (χ1) is 15.1. The fourth-order valence-corrected chi connectivity index (χ4v) is 4.59. The number of hydrogen-bond donors (Lipinski definition) is 0. The zero-order valence-corrected chi connectivity index (χ0v) is 21.5. The third-order valence-corrected chi connectivity index (χ3v) is 6.65.